The summed E-state index contributed by atoms with van der Waals surface area (Å²) in [5.74, 6) is 0. The van der Waals surface area contributed by atoms with Crippen LogP contribution in [-0.4, -0.2) is 16.3 Å². The number of hydrogen-bond donors (Lipinski definition) is 1. The third-order valence-electron chi connectivity index (χ3n) is 3.99. The molecule has 1 heterocycles. The summed E-state index contributed by atoms with van der Waals surface area (Å²) in [4.78, 5) is 0. The van der Waals surface area contributed by atoms with Gasteiger partial charge in [-0.15, -0.1) is 0 Å². The Balaban J connectivity index is 2.31. The Labute approximate surface area is 132 Å². The fourth-order valence-corrected chi connectivity index (χ4v) is 2.95. The molecule has 1 N–H and O–H groups in total. The SMILES string of the molecule is CCCNC(Cc1c(C)nn(C)c1C)c1ccccc1Cl. The normalized spacial score (nSPS) is 12.6. The van der Waals surface area contributed by atoms with Crippen molar-refractivity contribution in [3.05, 3.63) is 51.8 Å². The Morgan fingerprint density at radius 2 is 2.00 bits per heavy atom. The number of halogens is 1. The predicted molar refractivity (Wildman–Crippen MR) is 88.9 cm³/mol. The Kier molecular flexibility index (Phi) is 5.43. The Hall–Kier alpha value is -1.32. The van der Waals surface area contributed by atoms with Crippen LogP contribution in [0.25, 0.3) is 0 Å². The van der Waals surface area contributed by atoms with Crippen molar-refractivity contribution in [2.24, 2.45) is 7.05 Å². The second-order valence-corrected chi connectivity index (χ2v) is 5.91. The number of aryl methyl sites for hydroxylation is 2. The van der Waals surface area contributed by atoms with Gasteiger partial charge in [0.25, 0.3) is 0 Å². The molecule has 0 aliphatic rings. The molecule has 114 valence electrons. The van der Waals surface area contributed by atoms with Gasteiger partial charge in [0.1, 0.15) is 0 Å². The summed E-state index contributed by atoms with van der Waals surface area (Å²) in [6, 6.07) is 8.31. The van der Waals surface area contributed by atoms with Crippen LogP contribution in [0, 0.1) is 13.8 Å². The van der Waals surface area contributed by atoms with Gasteiger partial charge >= 0.3 is 0 Å². The largest absolute Gasteiger partial charge is 0.310 e. The van der Waals surface area contributed by atoms with Crippen molar-refractivity contribution < 1.29 is 0 Å². The minimum Gasteiger partial charge on any atom is -0.310 e. The summed E-state index contributed by atoms with van der Waals surface area (Å²) < 4.78 is 1.95. The van der Waals surface area contributed by atoms with E-state index in [-0.39, 0.29) is 6.04 Å². The average molecular weight is 306 g/mol. The summed E-state index contributed by atoms with van der Waals surface area (Å²) in [5.41, 5.74) is 4.80. The highest BCUT2D eigenvalue weighted by molar-refractivity contribution is 6.31. The van der Waals surface area contributed by atoms with E-state index in [9.17, 15) is 0 Å². The molecular weight excluding hydrogens is 282 g/mol. The van der Waals surface area contributed by atoms with E-state index in [1.54, 1.807) is 0 Å². The number of nitrogens with zero attached hydrogens (tertiary/aromatic N) is 2. The minimum atomic E-state index is 0.222. The lowest BCUT2D eigenvalue weighted by atomic mass is 9.97. The smallest absolute Gasteiger partial charge is 0.0629 e. The quantitative estimate of drug-likeness (QED) is 0.875. The third-order valence-corrected chi connectivity index (χ3v) is 4.33. The molecule has 0 saturated carbocycles. The number of nitrogens with one attached hydrogen (secondary N) is 1. The number of benzene rings is 1. The first-order valence-corrected chi connectivity index (χ1v) is 7.89. The van der Waals surface area contributed by atoms with Crippen LogP contribution in [0.3, 0.4) is 0 Å². The molecule has 0 aliphatic heterocycles. The van der Waals surface area contributed by atoms with Crippen LogP contribution >= 0.6 is 11.6 Å². The maximum absolute atomic E-state index is 6.39. The maximum atomic E-state index is 6.39. The lowest BCUT2D eigenvalue weighted by Gasteiger charge is -2.20. The molecule has 2 aromatic rings. The van der Waals surface area contributed by atoms with Gasteiger partial charge < -0.3 is 5.32 Å². The topological polar surface area (TPSA) is 29.9 Å². The molecule has 1 atom stereocenters. The summed E-state index contributed by atoms with van der Waals surface area (Å²) in [6.45, 7) is 7.36. The van der Waals surface area contributed by atoms with Crippen LogP contribution in [0.5, 0.6) is 0 Å². The number of hydrogen-bond acceptors (Lipinski definition) is 2. The fraction of sp³-hybridized carbons (Fsp3) is 0.471. The highest BCUT2D eigenvalue weighted by atomic mass is 35.5. The Morgan fingerprint density at radius 1 is 1.29 bits per heavy atom. The van der Waals surface area contributed by atoms with Gasteiger partial charge in [-0.2, -0.15) is 5.10 Å². The average Bonchev–Trinajstić information content (AvgIpc) is 2.70. The van der Waals surface area contributed by atoms with Gasteiger partial charge in [-0.25, -0.2) is 0 Å². The Bertz CT molecular complexity index is 604. The van der Waals surface area contributed by atoms with Crippen molar-refractivity contribution in [3.8, 4) is 0 Å². The van der Waals surface area contributed by atoms with E-state index < -0.39 is 0 Å². The lowest BCUT2D eigenvalue weighted by Crippen LogP contribution is -2.24. The standard InChI is InChI=1S/C17H24ClN3/c1-5-10-19-17(14-8-6-7-9-16(14)18)11-15-12(2)20-21(4)13(15)3/h6-9,17,19H,5,10-11H2,1-4H3. The molecule has 0 saturated heterocycles. The molecule has 0 radical (unpaired) electrons. The molecule has 1 aromatic carbocycles. The van der Waals surface area contributed by atoms with Crippen molar-refractivity contribution in [3.63, 3.8) is 0 Å². The molecule has 0 bridgehead atoms. The highest BCUT2D eigenvalue weighted by Crippen LogP contribution is 2.27. The zero-order valence-corrected chi connectivity index (χ0v) is 14.0. The fourth-order valence-electron chi connectivity index (χ4n) is 2.69. The second-order valence-electron chi connectivity index (χ2n) is 5.51. The molecule has 0 amide bonds. The lowest BCUT2D eigenvalue weighted by molar-refractivity contribution is 0.527. The van der Waals surface area contributed by atoms with Crippen LogP contribution in [0.4, 0.5) is 0 Å². The van der Waals surface area contributed by atoms with E-state index in [2.05, 4.69) is 37.3 Å². The van der Waals surface area contributed by atoms with Crippen LogP contribution in [0.2, 0.25) is 5.02 Å². The summed E-state index contributed by atoms with van der Waals surface area (Å²) in [7, 11) is 2.00. The second kappa shape index (κ2) is 7.10. The highest BCUT2D eigenvalue weighted by Gasteiger charge is 2.18. The monoisotopic (exact) mass is 305 g/mol. The van der Waals surface area contributed by atoms with E-state index in [1.165, 1.54) is 11.3 Å². The maximum Gasteiger partial charge on any atom is 0.0629 e. The van der Waals surface area contributed by atoms with Crippen molar-refractivity contribution >= 4 is 11.6 Å². The molecule has 21 heavy (non-hydrogen) atoms. The van der Waals surface area contributed by atoms with Gasteiger partial charge in [0.15, 0.2) is 0 Å². The van der Waals surface area contributed by atoms with Crippen molar-refractivity contribution in [1.82, 2.24) is 15.1 Å². The molecule has 1 aromatic heterocycles. The van der Waals surface area contributed by atoms with Gasteiger partial charge in [-0.1, -0.05) is 36.7 Å². The van der Waals surface area contributed by atoms with Crippen molar-refractivity contribution in [2.75, 3.05) is 6.54 Å². The van der Waals surface area contributed by atoms with Gasteiger partial charge in [-0.05, 0) is 50.4 Å². The first-order chi connectivity index (χ1) is 10.0. The summed E-state index contributed by atoms with van der Waals surface area (Å²) in [6.07, 6.45) is 2.02. The predicted octanol–water partition coefficient (Wildman–Crippen LogP) is 3.97. The van der Waals surface area contributed by atoms with Crippen LogP contribution in [0.15, 0.2) is 24.3 Å². The number of rotatable bonds is 6. The van der Waals surface area contributed by atoms with Gasteiger partial charge in [-0.3, -0.25) is 4.68 Å². The number of aromatic nitrogens is 2. The van der Waals surface area contributed by atoms with E-state index in [4.69, 9.17) is 11.6 Å². The van der Waals surface area contributed by atoms with Crippen LogP contribution in [0.1, 0.15) is 41.9 Å². The van der Waals surface area contributed by atoms with Gasteiger partial charge in [0, 0.05) is 23.8 Å². The zero-order chi connectivity index (χ0) is 15.4. The zero-order valence-electron chi connectivity index (χ0n) is 13.3. The Morgan fingerprint density at radius 3 is 2.57 bits per heavy atom. The van der Waals surface area contributed by atoms with Gasteiger partial charge in [0.05, 0.1) is 5.69 Å². The van der Waals surface area contributed by atoms with E-state index in [0.717, 1.165) is 35.7 Å². The first kappa shape index (κ1) is 16.1. The van der Waals surface area contributed by atoms with E-state index in [1.807, 2.05) is 29.9 Å². The van der Waals surface area contributed by atoms with Crippen LogP contribution in [-0.2, 0) is 13.5 Å². The molecule has 3 nitrogen and oxygen atoms in total. The van der Waals surface area contributed by atoms with E-state index in [0.29, 0.717) is 0 Å². The van der Waals surface area contributed by atoms with Crippen molar-refractivity contribution in [1.29, 1.82) is 0 Å². The molecule has 0 spiro atoms. The van der Waals surface area contributed by atoms with Crippen LogP contribution < -0.4 is 5.32 Å². The molecule has 2 rings (SSSR count). The molecule has 1 unspecified atom stereocenters. The molecular formula is C17H24ClN3. The summed E-state index contributed by atoms with van der Waals surface area (Å²) in [5, 5.41) is 8.96. The third kappa shape index (κ3) is 3.66. The summed E-state index contributed by atoms with van der Waals surface area (Å²) >= 11 is 6.39. The minimum absolute atomic E-state index is 0.222. The first-order valence-electron chi connectivity index (χ1n) is 7.51. The molecule has 0 fully saturated rings. The van der Waals surface area contributed by atoms with Gasteiger partial charge in [0.2, 0.25) is 0 Å². The van der Waals surface area contributed by atoms with Crippen molar-refractivity contribution in [2.45, 2.75) is 39.7 Å². The van der Waals surface area contributed by atoms with E-state index >= 15 is 0 Å². The molecule has 0 aliphatic carbocycles. The molecule has 4 heteroatoms.